The second-order valence-electron chi connectivity index (χ2n) is 4.85. The maximum atomic E-state index is 10.6. The quantitative estimate of drug-likeness (QED) is 0.585. The van der Waals surface area contributed by atoms with Crippen LogP contribution in [0.5, 0.6) is 0 Å². The van der Waals surface area contributed by atoms with Crippen molar-refractivity contribution in [3.8, 4) is 0 Å². The summed E-state index contributed by atoms with van der Waals surface area (Å²) in [6, 6.07) is 3.81. The molecule has 2 aliphatic heterocycles. The van der Waals surface area contributed by atoms with Crippen LogP contribution < -0.4 is 4.90 Å². The Bertz CT molecular complexity index is 453. The molecule has 19 heavy (non-hydrogen) atoms. The van der Waals surface area contributed by atoms with Gasteiger partial charge in [0.15, 0.2) is 0 Å². The van der Waals surface area contributed by atoms with Gasteiger partial charge in [-0.1, -0.05) is 0 Å². The van der Waals surface area contributed by atoms with E-state index in [-0.39, 0.29) is 5.69 Å². The van der Waals surface area contributed by atoms with Crippen molar-refractivity contribution in [3.05, 3.63) is 28.4 Å². The summed E-state index contributed by atoms with van der Waals surface area (Å²) in [6.45, 7) is 5.48. The molecule has 0 spiro atoms. The van der Waals surface area contributed by atoms with Crippen LogP contribution in [0, 0.1) is 10.1 Å². The molecule has 0 radical (unpaired) electrons. The second-order valence-corrected chi connectivity index (χ2v) is 4.85. The highest BCUT2D eigenvalue weighted by molar-refractivity contribution is 5.43. The lowest BCUT2D eigenvalue weighted by atomic mass is 10.2. The molecule has 0 atom stereocenters. The minimum atomic E-state index is -0.425. The van der Waals surface area contributed by atoms with E-state index in [4.69, 9.17) is 4.74 Å². The van der Waals surface area contributed by atoms with Gasteiger partial charge in [0.2, 0.25) is 0 Å². The molecule has 2 fully saturated rings. The first-order valence-corrected chi connectivity index (χ1v) is 6.41. The number of rotatable bonds is 3. The zero-order valence-corrected chi connectivity index (χ0v) is 10.6. The van der Waals surface area contributed by atoms with Gasteiger partial charge in [0.1, 0.15) is 12.0 Å². The number of nitro groups is 1. The summed E-state index contributed by atoms with van der Waals surface area (Å²) in [5.41, 5.74) is 0.0361. The SMILES string of the molecule is O=[N+]([O-])c1ccc(N2CCN(C3COC3)CC2)nc1. The molecule has 2 aliphatic rings. The van der Waals surface area contributed by atoms with Crippen LogP contribution in [-0.4, -0.2) is 60.2 Å². The number of anilines is 1. The van der Waals surface area contributed by atoms with Gasteiger partial charge in [-0.05, 0) is 6.07 Å². The van der Waals surface area contributed by atoms with Crippen molar-refractivity contribution >= 4 is 11.5 Å². The third-order valence-electron chi connectivity index (χ3n) is 3.72. The number of pyridine rings is 1. The zero-order valence-electron chi connectivity index (χ0n) is 10.6. The zero-order chi connectivity index (χ0) is 13.2. The first kappa shape index (κ1) is 12.3. The Balaban J connectivity index is 1.59. The molecular formula is C12H16N4O3. The average Bonchev–Trinajstić information content (AvgIpc) is 2.38. The number of aromatic nitrogens is 1. The maximum absolute atomic E-state index is 10.6. The first-order chi connectivity index (χ1) is 9.24. The Morgan fingerprint density at radius 3 is 2.47 bits per heavy atom. The highest BCUT2D eigenvalue weighted by Crippen LogP contribution is 2.19. The van der Waals surface area contributed by atoms with Crippen LogP contribution in [0.15, 0.2) is 18.3 Å². The molecule has 1 aromatic rings. The van der Waals surface area contributed by atoms with Gasteiger partial charge in [-0.15, -0.1) is 0 Å². The number of hydrogen-bond acceptors (Lipinski definition) is 6. The molecule has 0 unspecified atom stereocenters. The van der Waals surface area contributed by atoms with E-state index < -0.39 is 4.92 Å². The van der Waals surface area contributed by atoms with Gasteiger partial charge < -0.3 is 9.64 Å². The number of hydrogen-bond donors (Lipinski definition) is 0. The average molecular weight is 264 g/mol. The normalized spacial score (nSPS) is 21.2. The van der Waals surface area contributed by atoms with Crippen molar-refractivity contribution in [2.24, 2.45) is 0 Å². The fourth-order valence-electron chi connectivity index (χ4n) is 2.42. The molecule has 0 bridgehead atoms. The Hall–Kier alpha value is -1.73. The summed E-state index contributed by atoms with van der Waals surface area (Å²) < 4.78 is 5.20. The standard InChI is InChI=1S/C12H16N4O3/c17-16(18)10-1-2-12(13-7-10)15-5-3-14(4-6-15)11-8-19-9-11/h1-2,7,11H,3-6,8-9H2. The molecule has 0 aromatic carbocycles. The van der Waals surface area contributed by atoms with Crippen molar-refractivity contribution in [2.75, 3.05) is 44.3 Å². The van der Waals surface area contributed by atoms with E-state index in [9.17, 15) is 10.1 Å². The van der Waals surface area contributed by atoms with Gasteiger partial charge in [-0.3, -0.25) is 15.0 Å². The summed E-state index contributed by atoms with van der Waals surface area (Å²) in [5, 5.41) is 10.6. The fourth-order valence-corrected chi connectivity index (χ4v) is 2.42. The smallest absolute Gasteiger partial charge is 0.287 e. The molecule has 7 heteroatoms. The van der Waals surface area contributed by atoms with E-state index in [1.165, 1.54) is 12.3 Å². The van der Waals surface area contributed by atoms with Gasteiger partial charge in [-0.2, -0.15) is 0 Å². The molecule has 1 aromatic heterocycles. The molecular weight excluding hydrogens is 248 g/mol. The van der Waals surface area contributed by atoms with E-state index in [1.54, 1.807) is 6.07 Å². The topological polar surface area (TPSA) is 71.7 Å². The summed E-state index contributed by atoms with van der Waals surface area (Å²) in [5.74, 6) is 0.815. The molecule has 2 saturated heterocycles. The number of piperazine rings is 1. The molecule has 102 valence electrons. The van der Waals surface area contributed by atoms with Gasteiger partial charge in [0, 0.05) is 32.2 Å². The summed E-state index contributed by atoms with van der Waals surface area (Å²) >= 11 is 0. The third kappa shape index (κ3) is 2.52. The summed E-state index contributed by atoms with van der Waals surface area (Å²) in [6.07, 6.45) is 1.32. The molecule has 0 N–H and O–H groups in total. The second kappa shape index (κ2) is 5.10. The predicted molar refractivity (Wildman–Crippen MR) is 69.3 cm³/mol. The highest BCUT2D eigenvalue weighted by Gasteiger charge is 2.29. The van der Waals surface area contributed by atoms with Crippen molar-refractivity contribution in [1.82, 2.24) is 9.88 Å². The van der Waals surface area contributed by atoms with Crippen molar-refractivity contribution in [2.45, 2.75) is 6.04 Å². The molecule has 0 saturated carbocycles. The van der Waals surface area contributed by atoms with Gasteiger partial charge >= 0.3 is 0 Å². The van der Waals surface area contributed by atoms with Gasteiger partial charge in [-0.25, -0.2) is 4.98 Å². The van der Waals surface area contributed by atoms with Gasteiger partial charge in [0.25, 0.3) is 5.69 Å². The lowest BCUT2D eigenvalue weighted by Gasteiger charge is -2.42. The van der Waals surface area contributed by atoms with Crippen LogP contribution in [0.3, 0.4) is 0 Å². The predicted octanol–water partition coefficient (Wildman–Crippen LogP) is 0.511. The van der Waals surface area contributed by atoms with E-state index in [2.05, 4.69) is 14.8 Å². The van der Waals surface area contributed by atoms with Crippen LogP contribution in [-0.2, 0) is 4.74 Å². The largest absolute Gasteiger partial charge is 0.378 e. The molecule has 3 rings (SSSR count). The van der Waals surface area contributed by atoms with Crippen LogP contribution in [0.25, 0.3) is 0 Å². The number of nitrogens with zero attached hydrogens (tertiary/aromatic N) is 4. The van der Waals surface area contributed by atoms with E-state index in [1.807, 2.05) is 0 Å². The lowest BCUT2D eigenvalue weighted by molar-refractivity contribution is -0.385. The van der Waals surface area contributed by atoms with Crippen molar-refractivity contribution in [1.29, 1.82) is 0 Å². The molecule has 3 heterocycles. The van der Waals surface area contributed by atoms with E-state index in [0.29, 0.717) is 6.04 Å². The maximum Gasteiger partial charge on any atom is 0.287 e. The van der Waals surface area contributed by atoms with Crippen molar-refractivity contribution in [3.63, 3.8) is 0 Å². The summed E-state index contributed by atoms with van der Waals surface area (Å²) in [7, 11) is 0. The first-order valence-electron chi connectivity index (χ1n) is 6.41. The monoisotopic (exact) mass is 264 g/mol. The van der Waals surface area contributed by atoms with Gasteiger partial charge in [0.05, 0.1) is 24.2 Å². The van der Waals surface area contributed by atoms with E-state index >= 15 is 0 Å². The van der Waals surface area contributed by atoms with Crippen molar-refractivity contribution < 1.29 is 9.66 Å². The highest BCUT2D eigenvalue weighted by atomic mass is 16.6. The molecule has 0 aliphatic carbocycles. The third-order valence-corrected chi connectivity index (χ3v) is 3.72. The fraction of sp³-hybridized carbons (Fsp3) is 0.583. The number of ether oxygens (including phenoxy) is 1. The minimum absolute atomic E-state index is 0.0361. The lowest BCUT2D eigenvalue weighted by Crippen LogP contribution is -2.56. The van der Waals surface area contributed by atoms with E-state index in [0.717, 1.165) is 45.2 Å². The Kier molecular flexibility index (Phi) is 3.31. The van der Waals surface area contributed by atoms with Crippen LogP contribution in [0.4, 0.5) is 11.5 Å². The minimum Gasteiger partial charge on any atom is -0.378 e. The molecule has 0 amide bonds. The van der Waals surface area contributed by atoms with Crippen LogP contribution >= 0.6 is 0 Å². The Morgan fingerprint density at radius 1 is 1.26 bits per heavy atom. The molecule has 7 nitrogen and oxygen atoms in total. The Morgan fingerprint density at radius 2 is 2.00 bits per heavy atom. The Labute approximate surface area is 110 Å². The van der Waals surface area contributed by atoms with Crippen LogP contribution in [0.1, 0.15) is 0 Å². The van der Waals surface area contributed by atoms with Crippen LogP contribution in [0.2, 0.25) is 0 Å². The summed E-state index contributed by atoms with van der Waals surface area (Å²) in [4.78, 5) is 18.9.